The second-order valence-corrected chi connectivity index (χ2v) is 5.02. The van der Waals surface area contributed by atoms with E-state index in [4.69, 9.17) is 0 Å². The van der Waals surface area contributed by atoms with Crippen molar-refractivity contribution in [3.05, 3.63) is 60.2 Å². The third kappa shape index (κ3) is 3.74. The Kier molecular flexibility index (Phi) is 5.11. The quantitative estimate of drug-likeness (QED) is 0.872. The maximum Gasteiger partial charge on any atom is 0.246 e. The third-order valence-corrected chi connectivity index (χ3v) is 3.51. The van der Waals surface area contributed by atoms with E-state index in [1.54, 1.807) is 31.3 Å². The summed E-state index contributed by atoms with van der Waals surface area (Å²) in [5, 5.41) is 9.19. The first-order chi connectivity index (χ1) is 11.0. The molecule has 0 fully saturated rings. The van der Waals surface area contributed by atoms with Gasteiger partial charge < -0.3 is 9.80 Å². The van der Waals surface area contributed by atoms with Crippen LogP contribution in [0.1, 0.15) is 12.5 Å². The average molecular weight is 307 g/mol. The van der Waals surface area contributed by atoms with Crippen LogP contribution >= 0.6 is 0 Å². The molecule has 0 heterocycles. The Morgan fingerprint density at radius 1 is 1.04 bits per heavy atom. The van der Waals surface area contributed by atoms with Crippen molar-refractivity contribution in [2.75, 3.05) is 23.4 Å². The molecule has 0 atom stereocenters. The van der Waals surface area contributed by atoms with Crippen LogP contribution in [0.25, 0.3) is 0 Å². The van der Waals surface area contributed by atoms with Gasteiger partial charge in [0, 0.05) is 19.7 Å². The number of nitrogens with zero attached hydrogens (tertiary/aromatic N) is 3. The van der Waals surface area contributed by atoms with Gasteiger partial charge in [0.05, 0.1) is 11.3 Å². The third-order valence-electron chi connectivity index (χ3n) is 3.51. The minimum atomic E-state index is -0.289. The summed E-state index contributed by atoms with van der Waals surface area (Å²) in [5.74, 6) is -0.526. The second-order valence-electron chi connectivity index (χ2n) is 5.02. The Balaban J connectivity index is 2.25. The Morgan fingerprint density at radius 2 is 1.65 bits per heavy atom. The highest BCUT2D eigenvalue weighted by molar-refractivity contribution is 6.03. The molecule has 0 unspecified atom stereocenters. The molecule has 23 heavy (non-hydrogen) atoms. The van der Waals surface area contributed by atoms with Crippen LogP contribution in [0.5, 0.6) is 0 Å². The van der Waals surface area contributed by atoms with Crippen molar-refractivity contribution in [1.82, 2.24) is 0 Å². The van der Waals surface area contributed by atoms with Crippen molar-refractivity contribution in [2.45, 2.75) is 6.92 Å². The van der Waals surface area contributed by atoms with Gasteiger partial charge >= 0.3 is 0 Å². The molecule has 0 saturated carbocycles. The van der Waals surface area contributed by atoms with Crippen molar-refractivity contribution in [3.63, 3.8) is 0 Å². The van der Waals surface area contributed by atoms with E-state index in [0.29, 0.717) is 11.3 Å². The number of amides is 2. The van der Waals surface area contributed by atoms with E-state index in [1.807, 2.05) is 36.4 Å². The molecule has 0 aliphatic rings. The van der Waals surface area contributed by atoms with Crippen LogP contribution in [0.3, 0.4) is 0 Å². The lowest BCUT2D eigenvalue weighted by Crippen LogP contribution is -2.41. The summed E-state index contributed by atoms with van der Waals surface area (Å²) in [6.07, 6.45) is 0. The largest absolute Gasteiger partial charge is 0.314 e. The molecule has 0 N–H and O–H groups in total. The van der Waals surface area contributed by atoms with Crippen molar-refractivity contribution >= 4 is 23.2 Å². The van der Waals surface area contributed by atoms with Gasteiger partial charge in [-0.2, -0.15) is 5.26 Å². The van der Waals surface area contributed by atoms with E-state index in [-0.39, 0.29) is 18.4 Å². The molecule has 5 nitrogen and oxygen atoms in total. The summed E-state index contributed by atoms with van der Waals surface area (Å²) in [7, 11) is 1.66. The molecule has 2 aromatic rings. The highest BCUT2D eigenvalue weighted by Gasteiger charge is 2.21. The van der Waals surface area contributed by atoms with Crippen molar-refractivity contribution < 1.29 is 9.59 Å². The number of carbonyl (C=O) groups excluding carboxylic acids is 2. The SMILES string of the molecule is CC(=O)N(CC(=O)N(C)c1ccccc1)c1ccccc1C#N. The predicted molar refractivity (Wildman–Crippen MR) is 89.0 cm³/mol. The molecule has 0 bridgehead atoms. The van der Waals surface area contributed by atoms with Gasteiger partial charge in [-0.1, -0.05) is 30.3 Å². The molecule has 2 amide bonds. The molecular weight excluding hydrogens is 290 g/mol. The Hall–Kier alpha value is -3.13. The Bertz CT molecular complexity index is 750. The van der Waals surface area contributed by atoms with Crippen LogP contribution < -0.4 is 9.80 Å². The first-order valence-electron chi connectivity index (χ1n) is 7.13. The summed E-state index contributed by atoms with van der Waals surface area (Å²) < 4.78 is 0. The summed E-state index contributed by atoms with van der Waals surface area (Å²) in [4.78, 5) is 27.2. The first kappa shape index (κ1) is 16.2. The van der Waals surface area contributed by atoms with E-state index in [0.717, 1.165) is 5.69 Å². The van der Waals surface area contributed by atoms with Crippen molar-refractivity contribution in [3.8, 4) is 6.07 Å². The Morgan fingerprint density at radius 3 is 2.26 bits per heavy atom. The maximum absolute atomic E-state index is 12.5. The zero-order valence-corrected chi connectivity index (χ0v) is 13.1. The summed E-state index contributed by atoms with van der Waals surface area (Å²) in [5.41, 5.74) is 1.55. The fourth-order valence-corrected chi connectivity index (χ4v) is 2.21. The lowest BCUT2D eigenvalue weighted by molar-refractivity contribution is -0.121. The highest BCUT2D eigenvalue weighted by atomic mass is 16.2. The van der Waals surface area contributed by atoms with Gasteiger partial charge in [0.15, 0.2) is 0 Å². The number of para-hydroxylation sites is 2. The van der Waals surface area contributed by atoms with E-state index < -0.39 is 0 Å². The summed E-state index contributed by atoms with van der Waals surface area (Å²) in [6, 6.07) is 18.0. The average Bonchev–Trinajstić information content (AvgIpc) is 2.59. The lowest BCUT2D eigenvalue weighted by Gasteiger charge is -2.25. The van der Waals surface area contributed by atoms with Crippen molar-refractivity contribution in [1.29, 1.82) is 5.26 Å². The molecule has 5 heteroatoms. The summed E-state index contributed by atoms with van der Waals surface area (Å²) in [6.45, 7) is 1.25. The van der Waals surface area contributed by atoms with Gasteiger partial charge in [0.1, 0.15) is 12.6 Å². The number of hydrogen-bond acceptors (Lipinski definition) is 3. The van der Waals surface area contributed by atoms with Crippen LogP contribution in [-0.2, 0) is 9.59 Å². The van der Waals surface area contributed by atoms with Gasteiger partial charge in [0.2, 0.25) is 11.8 Å². The maximum atomic E-state index is 12.5. The van der Waals surface area contributed by atoms with Gasteiger partial charge in [0.25, 0.3) is 0 Å². The fraction of sp³-hybridized carbons (Fsp3) is 0.167. The monoisotopic (exact) mass is 307 g/mol. The highest BCUT2D eigenvalue weighted by Crippen LogP contribution is 2.20. The van der Waals surface area contributed by atoms with Gasteiger partial charge in [-0.05, 0) is 24.3 Å². The molecule has 0 saturated heterocycles. The molecule has 116 valence electrons. The molecule has 0 aliphatic heterocycles. The van der Waals surface area contributed by atoms with Gasteiger partial charge in [-0.3, -0.25) is 9.59 Å². The van der Waals surface area contributed by atoms with Gasteiger partial charge in [-0.15, -0.1) is 0 Å². The van der Waals surface area contributed by atoms with Crippen molar-refractivity contribution in [2.24, 2.45) is 0 Å². The number of anilines is 2. The molecule has 0 aliphatic carbocycles. The van der Waals surface area contributed by atoms with Crippen LogP contribution in [0.4, 0.5) is 11.4 Å². The molecule has 0 spiro atoms. The number of nitriles is 1. The van der Waals surface area contributed by atoms with E-state index in [9.17, 15) is 14.9 Å². The van der Waals surface area contributed by atoms with E-state index in [2.05, 4.69) is 0 Å². The molecule has 2 rings (SSSR count). The van der Waals surface area contributed by atoms with E-state index in [1.165, 1.54) is 16.7 Å². The normalized spacial score (nSPS) is 9.78. The first-order valence-corrected chi connectivity index (χ1v) is 7.13. The minimum Gasteiger partial charge on any atom is -0.314 e. The van der Waals surface area contributed by atoms with Crippen LogP contribution in [0.15, 0.2) is 54.6 Å². The zero-order chi connectivity index (χ0) is 16.8. The number of benzene rings is 2. The Labute approximate surface area is 135 Å². The fourth-order valence-electron chi connectivity index (χ4n) is 2.21. The van der Waals surface area contributed by atoms with Gasteiger partial charge in [-0.25, -0.2) is 0 Å². The van der Waals surface area contributed by atoms with Crippen LogP contribution in [0, 0.1) is 11.3 Å². The molecule has 0 aromatic heterocycles. The van der Waals surface area contributed by atoms with Crippen LogP contribution in [0.2, 0.25) is 0 Å². The number of carbonyl (C=O) groups is 2. The standard InChI is InChI=1S/C18H17N3O2/c1-14(22)21(17-11-7-6-8-15(17)12-19)13-18(23)20(2)16-9-4-3-5-10-16/h3-11H,13H2,1-2H3. The molecular formula is C18H17N3O2. The zero-order valence-electron chi connectivity index (χ0n) is 13.1. The second kappa shape index (κ2) is 7.23. The van der Waals surface area contributed by atoms with E-state index >= 15 is 0 Å². The summed E-state index contributed by atoms with van der Waals surface area (Å²) >= 11 is 0. The van der Waals surface area contributed by atoms with Crippen LogP contribution in [-0.4, -0.2) is 25.4 Å². The molecule has 2 aromatic carbocycles. The number of hydrogen-bond donors (Lipinski definition) is 0. The predicted octanol–water partition coefficient (Wildman–Crippen LogP) is 2.57. The number of likely N-dealkylation sites (N-methyl/N-ethyl adjacent to an activating group) is 1. The number of rotatable bonds is 4. The lowest BCUT2D eigenvalue weighted by atomic mass is 10.1. The molecule has 0 radical (unpaired) electrons. The smallest absolute Gasteiger partial charge is 0.246 e. The topological polar surface area (TPSA) is 64.4 Å². The minimum absolute atomic E-state index is 0.126.